The fourth-order valence-electron chi connectivity index (χ4n) is 11.9. The van der Waals surface area contributed by atoms with E-state index in [4.69, 9.17) is 22.9 Å². The summed E-state index contributed by atoms with van der Waals surface area (Å²) in [6.45, 7) is 3.86. The van der Waals surface area contributed by atoms with Gasteiger partial charge in [-0.05, 0) is 81.0 Å². The number of carboxylic acids is 1. The number of aromatic hydroxyl groups is 1. The highest BCUT2D eigenvalue weighted by Crippen LogP contribution is 2.29. The van der Waals surface area contributed by atoms with Crippen molar-refractivity contribution in [3.05, 3.63) is 102 Å². The van der Waals surface area contributed by atoms with Gasteiger partial charge >= 0.3 is 5.97 Å². The maximum atomic E-state index is 15.4. The number of nitrogens with zero attached hydrogens (tertiary/aromatic N) is 4. The van der Waals surface area contributed by atoms with Crippen LogP contribution in [0.5, 0.6) is 5.75 Å². The molecule has 32 heteroatoms. The molecule has 3 aromatic carbocycles. The molecule has 2 aliphatic rings. The molecule has 2 fully saturated rings. The van der Waals surface area contributed by atoms with Gasteiger partial charge in [-0.3, -0.25) is 77.1 Å². The third kappa shape index (κ3) is 27.0. The van der Waals surface area contributed by atoms with Gasteiger partial charge in [-0.2, -0.15) is 0 Å². The molecule has 0 unspecified atom stereocenters. The number of carboxylic acid groups (broad SMARTS) is 1. The molecule has 30 nitrogen and oxygen atoms in total. The monoisotopic (exact) mass is 1430 g/mol. The number of benzene rings is 3. The van der Waals surface area contributed by atoms with Gasteiger partial charge < -0.3 is 74.9 Å². The van der Waals surface area contributed by atoms with Crippen molar-refractivity contribution in [1.29, 1.82) is 0 Å². The number of phenols is 1. The second-order valence-corrected chi connectivity index (χ2v) is 28.1. The van der Waals surface area contributed by atoms with Gasteiger partial charge in [-0.25, -0.2) is 0 Å². The quantitative estimate of drug-likeness (QED) is 0.0218. The number of hydrogen-bond acceptors (Lipinski definition) is 22. The number of ketones is 3. The number of aliphatic carboxylic acids is 1. The number of aromatic amines is 1. The number of hydrogen-bond donors (Lipinski definition) is 14. The van der Waals surface area contributed by atoms with Crippen LogP contribution in [-0.4, -0.2) is 255 Å². The lowest BCUT2D eigenvalue weighted by Crippen LogP contribution is -2.57. The summed E-state index contributed by atoms with van der Waals surface area (Å²) in [6, 6.07) is 14.5. The molecule has 8 amide bonds. The van der Waals surface area contributed by atoms with Crippen LogP contribution in [-0.2, 0) is 76.8 Å². The molecule has 546 valence electrons. The number of amides is 8. The Kier molecular flexibility index (Phi) is 32.9. The van der Waals surface area contributed by atoms with Crippen molar-refractivity contribution in [2.75, 3.05) is 96.6 Å². The van der Waals surface area contributed by atoms with Crippen molar-refractivity contribution in [2.24, 2.45) is 40.7 Å². The average Bonchev–Trinajstić information content (AvgIpc) is 1.59. The van der Waals surface area contributed by atoms with Crippen LogP contribution in [0.2, 0.25) is 0 Å². The van der Waals surface area contributed by atoms with E-state index in [9.17, 15) is 58.8 Å². The van der Waals surface area contributed by atoms with Gasteiger partial charge in [0.1, 0.15) is 17.8 Å². The molecule has 0 saturated carbocycles. The number of H-pyrrole nitrogens is 1. The van der Waals surface area contributed by atoms with Crippen molar-refractivity contribution in [3.8, 4) is 5.75 Å². The van der Waals surface area contributed by atoms with E-state index in [1.807, 2.05) is 6.07 Å². The minimum atomic E-state index is -1.62. The number of para-hydroxylation sites is 1. The molecule has 0 bridgehead atoms. The number of carbonyl (C=O) groups is 12. The Morgan fingerprint density at radius 3 is 1.70 bits per heavy atom. The topological polar surface area (TPSA) is 479 Å². The molecule has 100 heavy (non-hydrogen) atoms. The summed E-state index contributed by atoms with van der Waals surface area (Å²) in [5.41, 5.74) is 25.1. The van der Waals surface area contributed by atoms with Gasteiger partial charge in [-0.15, -0.1) is 0 Å². The van der Waals surface area contributed by atoms with E-state index in [2.05, 4.69) is 31.6 Å². The molecule has 4 aromatic rings. The zero-order valence-corrected chi connectivity index (χ0v) is 58.1. The lowest BCUT2D eigenvalue weighted by atomic mass is 9.90. The SMILES string of the molecule is C[C@@H](O)[C@H](CC(=O)[C@@H]1CSSC[C@H](CC(=O)[C@@H](Cc2ccccc2)NC(=O)CN2CCN(CC(N)=O)CCN(CC(N)=O)CCN(CC(N)=O)CC2)C(=O)N[C@@H](Cc2ccc(O)cc2)C(=O)N[C@H](Cc2c[nH]c3ccccc23)C(=O)N[C@@H](CCCCN)C(=O)C[C@@H]([C@@H](C)O)C(=O)N1)C(=O)O. The van der Waals surface area contributed by atoms with Crippen molar-refractivity contribution in [3.63, 3.8) is 0 Å². The van der Waals surface area contributed by atoms with E-state index in [1.165, 1.54) is 38.1 Å². The van der Waals surface area contributed by atoms with Gasteiger partial charge in [0.2, 0.25) is 47.3 Å². The number of unbranched alkanes of at least 4 members (excludes halogenated alkanes) is 1. The first-order valence-electron chi connectivity index (χ1n) is 33.4. The van der Waals surface area contributed by atoms with Crippen LogP contribution < -0.4 is 49.5 Å². The summed E-state index contributed by atoms with van der Waals surface area (Å²) in [5.74, 6) is -14.9. The Morgan fingerprint density at radius 1 is 0.620 bits per heavy atom. The number of aromatic nitrogens is 1. The molecule has 0 radical (unpaired) electrons. The van der Waals surface area contributed by atoms with E-state index in [-0.39, 0.29) is 115 Å². The van der Waals surface area contributed by atoms with Crippen LogP contribution in [0.15, 0.2) is 85.1 Å². The fraction of sp³-hybridized carbons (Fsp3) is 0.529. The van der Waals surface area contributed by atoms with Crippen LogP contribution in [0.4, 0.5) is 0 Å². The molecule has 3 heterocycles. The predicted octanol–water partition coefficient (Wildman–Crippen LogP) is -1.90. The summed E-state index contributed by atoms with van der Waals surface area (Å²) >= 11 is 0. The zero-order valence-electron chi connectivity index (χ0n) is 56.4. The molecule has 2 aliphatic heterocycles. The van der Waals surface area contributed by atoms with Gasteiger partial charge in [0.25, 0.3) is 0 Å². The molecule has 10 atom stereocenters. The highest BCUT2D eigenvalue weighted by molar-refractivity contribution is 8.76. The van der Waals surface area contributed by atoms with E-state index < -0.39 is 150 Å². The van der Waals surface area contributed by atoms with E-state index >= 15 is 19.2 Å². The maximum absolute atomic E-state index is 15.4. The van der Waals surface area contributed by atoms with Gasteiger partial charge in [0.05, 0.1) is 74.3 Å². The van der Waals surface area contributed by atoms with Crippen molar-refractivity contribution in [1.82, 2.24) is 51.2 Å². The molecule has 1 aromatic heterocycles. The van der Waals surface area contributed by atoms with Crippen molar-refractivity contribution < 1.29 is 78.0 Å². The molecule has 6 rings (SSSR count). The number of Topliss-reactive ketones (excluding diaryl/α,β-unsaturated/α-hetero) is 3. The smallest absolute Gasteiger partial charge is 0.309 e. The normalized spacial score (nSPS) is 22.0. The first-order valence-corrected chi connectivity index (χ1v) is 35.9. The first kappa shape index (κ1) is 80.6. The lowest BCUT2D eigenvalue weighted by Gasteiger charge is -2.33. The standard InChI is InChI=1S/C68H96N14O16S2/c1-41(83)49-32-58(87)52(14-8-9-19-69)75-67(96)55(30-45-34-73-51-13-7-6-12-48(45)51)77-66(95)54(29-44-15-17-47(85)18-16-44)76-64(93)46(39-99-100-40-56(78-65(49)94)59(88)33-50(42(2)84)68(97)98)31-57(86)53(28-43-10-4-3-5-11-43)74-63(92)38-82-26-24-80(36-61(71)90)22-20-79(35-60(70)89)21-23-81(25-27-82)37-62(72)91/h3-7,10-13,15-18,34,41-42,46,49-50,52-56,73,83-85H,8-9,14,19-33,35-40,69H2,1-2H3,(H2,70,89)(H2,71,90)(H2,72,91)(H,74,92)(H,75,96)(H,76,93)(H,77,95)(H,78,94)(H,97,98)/t41-,42-,46+,49+,50+,52+,53-,54+,55-,56+/m1/s1. The van der Waals surface area contributed by atoms with Crippen LogP contribution in [0.1, 0.15) is 69.1 Å². The molecule has 0 aliphatic carbocycles. The van der Waals surface area contributed by atoms with Gasteiger partial charge in [0.15, 0.2) is 17.3 Å². The Labute approximate surface area is 588 Å². The number of phenolic OH excluding ortho intramolecular Hbond substituents is 1. The number of nitrogens with two attached hydrogens (primary N) is 4. The largest absolute Gasteiger partial charge is 0.508 e. The van der Waals surface area contributed by atoms with Crippen LogP contribution >= 0.6 is 21.6 Å². The van der Waals surface area contributed by atoms with E-state index in [1.54, 1.807) is 74.3 Å². The zero-order chi connectivity index (χ0) is 73.0. The number of aliphatic hydroxyl groups is 2. The Hall–Kier alpha value is -8.34. The summed E-state index contributed by atoms with van der Waals surface area (Å²) in [5, 5.41) is 56.6. The minimum Gasteiger partial charge on any atom is -0.508 e. The summed E-state index contributed by atoms with van der Waals surface area (Å²) in [7, 11) is 1.91. The Morgan fingerprint density at radius 2 is 1.15 bits per heavy atom. The third-order valence-corrected chi connectivity index (χ3v) is 20.1. The predicted molar refractivity (Wildman–Crippen MR) is 375 cm³/mol. The number of rotatable bonds is 28. The first-order chi connectivity index (χ1) is 47.7. The average molecular weight is 1430 g/mol. The summed E-state index contributed by atoms with van der Waals surface area (Å²) < 4.78 is 0. The van der Waals surface area contributed by atoms with Gasteiger partial charge in [-0.1, -0.05) is 82.3 Å². The Bertz CT molecular complexity index is 3410. The number of primary amides is 3. The van der Waals surface area contributed by atoms with E-state index in [0.717, 1.165) is 21.6 Å². The second kappa shape index (κ2) is 40.8. The Balaban J connectivity index is 1.41. The van der Waals surface area contributed by atoms with Crippen LogP contribution in [0, 0.1) is 17.8 Å². The second-order valence-electron chi connectivity index (χ2n) is 25.6. The molecule has 2 saturated heterocycles. The maximum Gasteiger partial charge on any atom is 0.309 e. The van der Waals surface area contributed by atoms with Crippen molar-refractivity contribution in [2.45, 2.75) is 114 Å². The number of fused-ring (bicyclic) bond motifs is 1. The molecule has 18 N–H and O–H groups in total. The number of nitrogens with one attached hydrogen (secondary N) is 6. The molecular formula is C68H96N14O16S2. The summed E-state index contributed by atoms with van der Waals surface area (Å²) in [4.78, 5) is 178. The summed E-state index contributed by atoms with van der Waals surface area (Å²) in [6.07, 6.45) is -3.20. The minimum absolute atomic E-state index is 0.00143. The lowest BCUT2D eigenvalue weighted by molar-refractivity contribution is -0.148. The molecular weight excluding hydrogens is 1330 g/mol. The highest BCUT2D eigenvalue weighted by atomic mass is 33.1. The number of carbonyl (C=O) groups excluding carboxylic acids is 11. The fourth-order valence-corrected chi connectivity index (χ4v) is 14.4. The van der Waals surface area contributed by atoms with Crippen LogP contribution in [0.3, 0.4) is 0 Å². The molecule has 0 spiro atoms. The van der Waals surface area contributed by atoms with Gasteiger partial charge in [0, 0.05) is 113 Å². The third-order valence-electron chi connectivity index (χ3n) is 17.6. The number of aliphatic hydroxyl groups excluding tert-OH is 2. The highest BCUT2D eigenvalue weighted by Gasteiger charge is 2.38. The van der Waals surface area contributed by atoms with Crippen molar-refractivity contribution >= 4 is 103 Å². The van der Waals surface area contributed by atoms with E-state index in [0.29, 0.717) is 53.5 Å². The van der Waals surface area contributed by atoms with Crippen LogP contribution in [0.25, 0.3) is 10.9 Å².